The van der Waals surface area contributed by atoms with Crippen LogP contribution in [0.2, 0.25) is 0 Å². The summed E-state index contributed by atoms with van der Waals surface area (Å²) in [7, 11) is -3.48. The Morgan fingerprint density at radius 2 is 1.61 bits per heavy atom. The second kappa shape index (κ2) is 8.37. The molecule has 0 atom stereocenters. The van der Waals surface area contributed by atoms with Crippen LogP contribution >= 0.6 is 0 Å². The maximum atomic E-state index is 13.1. The largest absolute Gasteiger partial charge is 0.334 e. The quantitative estimate of drug-likeness (QED) is 0.749. The zero-order valence-corrected chi connectivity index (χ0v) is 18.3. The van der Waals surface area contributed by atoms with E-state index in [1.807, 2.05) is 44.7 Å². The van der Waals surface area contributed by atoms with Crippen molar-refractivity contribution in [1.82, 2.24) is 9.21 Å². The Morgan fingerprint density at radius 3 is 2.18 bits per heavy atom. The van der Waals surface area contributed by atoms with Crippen LogP contribution in [-0.2, 0) is 21.2 Å². The fourth-order valence-electron chi connectivity index (χ4n) is 4.27. The van der Waals surface area contributed by atoms with Crippen LogP contribution < -0.4 is 0 Å². The molecule has 0 unspecified atom stereocenters. The normalized spacial score (nSPS) is 18.1. The number of hydrogen-bond acceptors (Lipinski definition) is 3. The van der Waals surface area contributed by atoms with E-state index in [4.69, 9.17) is 0 Å². The van der Waals surface area contributed by atoms with Gasteiger partial charge in [0.25, 0.3) is 5.91 Å². The molecule has 2 aliphatic rings. The van der Waals surface area contributed by atoms with Crippen LogP contribution in [-0.4, -0.2) is 48.7 Å². The predicted molar refractivity (Wildman–Crippen MR) is 112 cm³/mol. The third kappa shape index (κ3) is 4.18. The summed E-state index contributed by atoms with van der Waals surface area (Å²) in [5.41, 5.74) is 2.61. The Labute approximate surface area is 169 Å². The zero-order valence-electron chi connectivity index (χ0n) is 17.4. The minimum Gasteiger partial charge on any atom is -0.334 e. The molecule has 0 bridgehead atoms. The number of amides is 1. The molecule has 1 heterocycles. The van der Waals surface area contributed by atoms with Crippen LogP contribution in [0.25, 0.3) is 6.08 Å². The molecule has 3 rings (SSSR count). The van der Waals surface area contributed by atoms with Crippen molar-refractivity contribution in [1.29, 1.82) is 0 Å². The molecule has 0 saturated carbocycles. The van der Waals surface area contributed by atoms with Crippen LogP contribution in [0.5, 0.6) is 0 Å². The highest BCUT2D eigenvalue weighted by molar-refractivity contribution is 7.89. The van der Waals surface area contributed by atoms with E-state index >= 15 is 0 Å². The summed E-state index contributed by atoms with van der Waals surface area (Å²) < 4.78 is 27.8. The first-order chi connectivity index (χ1) is 13.2. The van der Waals surface area contributed by atoms with E-state index in [-0.39, 0.29) is 18.0 Å². The number of benzene rings is 1. The number of rotatable bonds is 5. The SMILES string of the molecule is CC(C)N(C(=O)C1=Cc2cc(S(=O)(=O)N3CCCCCC3)ccc2C1)C(C)C. The monoisotopic (exact) mass is 404 g/mol. The maximum Gasteiger partial charge on any atom is 0.250 e. The first-order valence-corrected chi connectivity index (χ1v) is 11.8. The van der Waals surface area contributed by atoms with Gasteiger partial charge in [-0.15, -0.1) is 0 Å². The van der Waals surface area contributed by atoms with E-state index in [1.165, 1.54) is 0 Å². The third-order valence-corrected chi connectivity index (χ3v) is 7.55. The van der Waals surface area contributed by atoms with Crippen LogP contribution in [0.3, 0.4) is 0 Å². The lowest BCUT2D eigenvalue weighted by atomic mass is 10.1. The van der Waals surface area contributed by atoms with Crippen molar-refractivity contribution in [2.24, 2.45) is 0 Å². The summed E-state index contributed by atoms with van der Waals surface area (Å²) in [6.45, 7) is 9.27. The summed E-state index contributed by atoms with van der Waals surface area (Å²) in [5.74, 6) is 0.0399. The minimum atomic E-state index is -3.48. The summed E-state index contributed by atoms with van der Waals surface area (Å²) in [6.07, 6.45) is 6.45. The van der Waals surface area contributed by atoms with Gasteiger partial charge in [-0.2, -0.15) is 4.31 Å². The number of carbonyl (C=O) groups excluding carboxylic acids is 1. The topological polar surface area (TPSA) is 57.7 Å². The average molecular weight is 405 g/mol. The number of sulfonamides is 1. The first kappa shape index (κ1) is 21.1. The Balaban J connectivity index is 1.87. The number of carbonyl (C=O) groups is 1. The van der Waals surface area contributed by atoms with Gasteiger partial charge >= 0.3 is 0 Å². The van der Waals surface area contributed by atoms with Crippen molar-refractivity contribution >= 4 is 22.0 Å². The third-order valence-electron chi connectivity index (χ3n) is 5.65. The van der Waals surface area contributed by atoms with Crippen molar-refractivity contribution < 1.29 is 13.2 Å². The van der Waals surface area contributed by atoms with Gasteiger partial charge in [0.15, 0.2) is 0 Å². The standard InChI is InChI=1S/C22H32N2O3S/c1-16(2)24(17(3)4)22(25)20-13-18-9-10-21(15-19(18)14-20)28(26,27)23-11-7-5-6-8-12-23/h9-10,14-17H,5-8,11-13H2,1-4H3. The number of fused-ring (bicyclic) bond motifs is 1. The van der Waals surface area contributed by atoms with E-state index in [0.29, 0.717) is 24.4 Å². The maximum absolute atomic E-state index is 13.1. The molecule has 154 valence electrons. The van der Waals surface area contributed by atoms with Gasteiger partial charge in [-0.1, -0.05) is 18.9 Å². The summed E-state index contributed by atoms with van der Waals surface area (Å²) in [4.78, 5) is 15.2. The minimum absolute atomic E-state index is 0.0399. The lowest BCUT2D eigenvalue weighted by Crippen LogP contribution is -2.42. The smallest absolute Gasteiger partial charge is 0.250 e. The van der Waals surface area contributed by atoms with Crippen LogP contribution in [0.1, 0.15) is 64.5 Å². The molecule has 1 saturated heterocycles. The summed E-state index contributed by atoms with van der Waals surface area (Å²) in [5, 5.41) is 0. The molecule has 0 N–H and O–H groups in total. The molecule has 6 heteroatoms. The Morgan fingerprint density at radius 1 is 1.00 bits per heavy atom. The molecule has 0 radical (unpaired) electrons. The van der Waals surface area contributed by atoms with Gasteiger partial charge in [-0.05, 0) is 69.9 Å². The van der Waals surface area contributed by atoms with Crippen molar-refractivity contribution in [2.75, 3.05) is 13.1 Å². The molecule has 28 heavy (non-hydrogen) atoms. The highest BCUT2D eigenvalue weighted by atomic mass is 32.2. The number of nitrogens with zero attached hydrogens (tertiary/aromatic N) is 2. The van der Waals surface area contributed by atoms with E-state index in [2.05, 4.69) is 0 Å². The zero-order chi connectivity index (χ0) is 20.5. The molecule has 5 nitrogen and oxygen atoms in total. The van der Waals surface area contributed by atoms with E-state index in [1.54, 1.807) is 16.4 Å². The molecular weight excluding hydrogens is 372 g/mol. The van der Waals surface area contributed by atoms with E-state index in [9.17, 15) is 13.2 Å². The second-order valence-corrected chi connectivity index (χ2v) is 10.4. The van der Waals surface area contributed by atoms with Crippen LogP contribution in [0.4, 0.5) is 0 Å². The molecule has 0 aromatic heterocycles. The molecule has 1 aliphatic carbocycles. The second-order valence-electron chi connectivity index (χ2n) is 8.43. The molecular formula is C22H32N2O3S. The van der Waals surface area contributed by atoms with E-state index < -0.39 is 10.0 Å². The molecule has 1 aromatic rings. The first-order valence-electron chi connectivity index (χ1n) is 10.4. The molecule has 0 spiro atoms. The van der Waals surface area contributed by atoms with Gasteiger partial charge in [0, 0.05) is 37.2 Å². The Bertz CT molecular complexity index is 856. The fraction of sp³-hybridized carbons (Fsp3) is 0.591. The van der Waals surface area contributed by atoms with Gasteiger partial charge < -0.3 is 4.90 Å². The fourth-order valence-corrected chi connectivity index (χ4v) is 5.83. The van der Waals surface area contributed by atoms with Gasteiger partial charge in [-0.25, -0.2) is 8.42 Å². The molecule has 1 aromatic carbocycles. The average Bonchev–Trinajstić information content (AvgIpc) is 2.85. The highest BCUT2D eigenvalue weighted by Gasteiger charge is 2.29. The van der Waals surface area contributed by atoms with Crippen LogP contribution in [0, 0.1) is 0 Å². The summed E-state index contributed by atoms with van der Waals surface area (Å²) in [6, 6.07) is 5.55. The molecule has 1 amide bonds. The lowest BCUT2D eigenvalue weighted by Gasteiger charge is -2.31. The van der Waals surface area contributed by atoms with Crippen molar-refractivity contribution in [3.8, 4) is 0 Å². The number of hydrogen-bond donors (Lipinski definition) is 0. The van der Waals surface area contributed by atoms with Crippen molar-refractivity contribution in [3.63, 3.8) is 0 Å². The van der Waals surface area contributed by atoms with E-state index in [0.717, 1.165) is 42.4 Å². The van der Waals surface area contributed by atoms with Crippen molar-refractivity contribution in [2.45, 2.75) is 76.8 Å². The van der Waals surface area contributed by atoms with Gasteiger partial charge in [-0.3, -0.25) is 4.79 Å². The predicted octanol–water partition coefficient (Wildman–Crippen LogP) is 3.84. The van der Waals surface area contributed by atoms with Crippen molar-refractivity contribution in [3.05, 3.63) is 34.9 Å². The molecule has 1 fully saturated rings. The lowest BCUT2D eigenvalue weighted by molar-refractivity contribution is -0.130. The van der Waals surface area contributed by atoms with Gasteiger partial charge in [0.2, 0.25) is 10.0 Å². The highest BCUT2D eigenvalue weighted by Crippen LogP contribution is 2.30. The Hall–Kier alpha value is -1.66. The molecule has 1 aliphatic heterocycles. The van der Waals surface area contributed by atoms with Gasteiger partial charge in [0.05, 0.1) is 4.90 Å². The van der Waals surface area contributed by atoms with Gasteiger partial charge in [0.1, 0.15) is 0 Å². The Kier molecular flexibility index (Phi) is 6.30. The van der Waals surface area contributed by atoms with Crippen LogP contribution in [0.15, 0.2) is 28.7 Å². The summed E-state index contributed by atoms with van der Waals surface area (Å²) >= 11 is 0.